The molecule has 32 heavy (non-hydrogen) atoms. The van der Waals surface area contributed by atoms with E-state index in [0.717, 1.165) is 18.8 Å². The summed E-state index contributed by atoms with van der Waals surface area (Å²) in [6, 6.07) is 10.9. The van der Waals surface area contributed by atoms with Crippen LogP contribution in [0, 0.1) is 5.41 Å². The summed E-state index contributed by atoms with van der Waals surface area (Å²) in [5.41, 5.74) is 5.63. The van der Waals surface area contributed by atoms with Gasteiger partial charge in [-0.15, -0.1) is 0 Å². The Morgan fingerprint density at radius 1 is 1.03 bits per heavy atom. The van der Waals surface area contributed by atoms with Crippen LogP contribution in [0.4, 0.5) is 5.69 Å². The zero-order valence-electron chi connectivity index (χ0n) is 18.3. The lowest BCUT2D eigenvalue weighted by atomic mass is 9.84. The first-order valence-corrected chi connectivity index (χ1v) is 10.9. The average Bonchev–Trinajstić information content (AvgIpc) is 2.77. The largest absolute Gasteiger partial charge is 0.368 e. The Labute approximate surface area is 192 Å². The molecule has 0 aliphatic carbocycles. The predicted octanol–water partition coefficient (Wildman–Crippen LogP) is 2.65. The third kappa shape index (κ3) is 6.68. The number of amides is 3. The number of halogens is 1. The van der Waals surface area contributed by atoms with Gasteiger partial charge < -0.3 is 9.80 Å². The maximum absolute atomic E-state index is 12.8. The van der Waals surface area contributed by atoms with Crippen molar-refractivity contribution in [3.05, 3.63) is 59.4 Å². The molecule has 1 aromatic heterocycles. The molecule has 3 amide bonds. The van der Waals surface area contributed by atoms with Crippen molar-refractivity contribution in [3.63, 3.8) is 0 Å². The van der Waals surface area contributed by atoms with Crippen LogP contribution in [-0.2, 0) is 9.59 Å². The van der Waals surface area contributed by atoms with Crippen LogP contribution in [0.1, 0.15) is 37.0 Å². The fourth-order valence-electron chi connectivity index (χ4n) is 3.65. The van der Waals surface area contributed by atoms with Crippen molar-refractivity contribution in [1.29, 1.82) is 0 Å². The highest BCUT2D eigenvalue weighted by molar-refractivity contribution is 6.30. The van der Waals surface area contributed by atoms with Crippen LogP contribution >= 0.6 is 11.6 Å². The third-order valence-corrected chi connectivity index (χ3v) is 5.55. The number of carbonyl (C=O) groups excluding carboxylic acids is 3. The topological polar surface area (TPSA) is 94.6 Å². The fraction of sp³-hybridized carbons (Fsp3) is 0.391. The molecule has 0 atom stereocenters. The van der Waals surface area contributed by atoms with E-state index in [1.807, 2.05) is 43.0 Å². The Morgan fingerprint density at radius 3 is 2.44 bits per heavy atom. The lowest BCUT2D eigenvalue weighted by Crippen LogP contribution is -2.50. The lowest BCUT2D eigenvalue weighted by Gasteiger charge is -2.37. The number of nitrogens with zero attached hydrogens (tertiary/aromatic N) is 3. The summed E-state index contributed by atoms with van der Waals surface area (Å²) in [6.45, 7) is 6.44. The van der Waals surface area contributed by atoms with Crippen LogP contribution in [-0.4, -0.2) is 53.8 Å². The Bertz CT molecular complexity index is 959. The molecule has 0 unspecified atom stereocenters. The number of rotatable bonds is 6. The number of hydrogen-bond donors (Lipinski definition) is 2. The molecular weight excluding hydrogens is 430 g/mol. The quantitative estimate of drug-likeness (QED) is 0.650. The van der Waals surface area contributed by atoms with Gasteiger partial charge >= 0.3 is 0 Å². The number of nitrogens with one attached hydrogen (secondary N) is 2. The monoisotopic (exact) mass is 457 g/mol. The van der Waals surface area contributed by atoms with Gasteiger partial charge in [0.1, 0.15) is 0 Å². The van der Waals surface area contributed by atoms with Gasteiger partial charge in [0.25, 0.3) is 5.91 Å². The smallest absolute Gasteiger partial charge is 0.271 e. The molecular formula is C23H28ClN5O3. The molecule has 8 nitrogen and oxygen atoms in total. The van der Waals surface area contributed by atoms with E-state index in [-0.39, 0.29) is 24.7 Å². The molecule has 1 aliphatic heterocycles. The summed E-state index contributed by atoms with van der Waals surface area (Å²) in [7, 11) is 0. The van der Waals surface area contributed by atoms with E-state index < -0.39 is 11.3 Å². The Balaban J connectivity index is 1.43. The lowest BCUT2D eigenvalue weighted by molar-refractivity contribution is -0.134. The maximum atomic E-state index is 12.8. The molecule has 2 aromatic rings. The summed E-state index contributed by atoms with van der Waals surface area (Å²) >= 11 is 6.08. The fourth-order valence-corrected chi connectivity index (χ4v) is 3.83. The van der Waals surface area contributed by atoms with Gasteiger partial charge in [-0.2, -0.15) is 0 Å². The molecule has 0 radical (unpaired) electrons. The summed E-state index contributed by atoms with van der Waals surface area (Å²) in [4.78, 5) is 45.0. The minimum Gasteiger partial charge on any atom is -0.368 e. The molecule has 0 spiro atoms. The summed E-state index contributed by atoms with van der Waals surface area (Å²) in [5.74, 6) is -0.781. The van der Waals surface area contributed by atoms with Gasteiger partial charge in [0.2, 0.25) is 11.8 Å². The van der Waals surface area contributed by atoms with Crippen molar-refractivity contribution in [2.24, 2.45) is 5.41 Å². The molecule has 1 saturated heterocycles. The summed E-state index contributed by atoms with van der Waals surface area (Å²) < 4.78 is 0. The third-order valence-electron chi connectivity index (χ3n) is 5.31. The molecule has 1 fully saturated rings. The van der Waals surface area contributed by atoms with E-state index in [2.05, 4.69) is 20.7 Å². The van der Waals surface area contributed by atoms with E-state index in [0.29, 0.717) is 23.7 Å². The highest BCUT2D eigenvalue weighted by Crippen LogP contribution is 2.27. The van der Waals surface area contributed by atoms with Crippen LogP contribution in [0.15, 0.2) is 48.8 Å². The Hall–Kier alpha value is -3.13. The van der Waals surface area contributed by atoms with Crippen LogP contribution < -0.4 is 15.8 Å². The van der Waals surface area contributed by atoms with Crippen molar-refractivity contribution < 1.29 is 14.4 Å². The van der Waals surface area contributed by atoms with Crippen molar-refractivity contribution in [3.8, 4) is 0 Å². The van der Waals surface area contributed by atoms with E-state index in [9.17, 15) is 14.4 Å². The average molecular weight is 458 g/mol. The van der Waals surface area contributed by atoms with E-state index >= 15 is 0 Å². The molecule has 2 heterocycles. The van der Waals surface area contributed by atoms with Gasteiger partial charge in [-0.25, -0.2) is 0 Å². The number of carbonyl (C=O) groups is 3. The van der Waals surface area contributed by atoms with Crippen molar-refractivity contribution >= 4 is 35.0 Å². The number of aromatic nitrogens is 1. The molecule has 170 valence electrons. The summed E-state index contributed by atoms with van der Waals surface area (Å²) in [5, 5.41) is 0.692. The predicted molar refractivity (Wildman–Crippen MR) is 123 cm³/mol. The Kier molecular flexibility index (Phi) is 7.69. The van der Waals surface area contributed by atoms with Gasteiger partial charge in [0, 0.05) is 62.1 Å². The van der Waals surface area contributed by atoms with Crippen LogP contribution in [0.5, 0.6) is 0 Å². The minimum absolute atomic E-state index is 0.0212. The Morgan fingerprint density at radius 2 is 1.78 bits per heavy atom. The van der Waals surface area contributed by atoms with E-state index in [4.69, 9.17) is 11.6 Å². The normalized spacial score (nSPS) is 14.1. The number of hydrogen-bond acceptors (Lipinski definition) is 5. The highest BCUT2D eigenvalue weighted by Gasteiger charge is 2.29. The maximum Gasteiger partial charge on any atom is 0.271 e. The molecule has 0 bridgehead atoms. The summed E-state index contributed by atoms with van der Waals surface area (Å²) in [6.07, 6.45) is 3.32. The molecule has 3 rings (SSSR count). The van der Waals surface area contributed by atoms with Gasteiger partial charge in [0.05, 0.1) is 5.56 Å². The SMILES string of the molecule is CC(C)(CC(=O)NNC(=O)c1cccnc1)CC(=O)N1CCN(c2cccc(Cl)c2)CC1. The number of hydrazine groups is 1. The van der Waals surface area contributed by atoms with Gasteiger partial charge in [0.15, 0.2) is 0 Å². The first-order chi connectivity index (χ1) is 15.2. The van der Waals surface area contributed by atoms with Gasteiger partial charge in [-0.05, 0) is 35.7 Å². The second-order valence-corrected chi connectivity index (χ2v) is 9.05. The zero-order valence-corrected chi connectivity index (χ0v) is 19.1. The van der Waals surface area contributed by atoms with E-state index in [1.165, 1.54) is 6.20 Å². The molecule has 9 heteroatoms. The van der Waals surface area contributed by atoms with Crippen molar-refractivity contribution in [2.45, 2.75) is 26.7 Å². The molecule has 1 aliphatic rings. The highest BCUT2D eigenvalue weighted by atomic mass is 35.5. The second kappa shape index (κ2) is 10.5. The minimum atomic E-state index is -0.551. The first kappa shape index (κ1) is 23.5. The van der Waals surface area contributed by atoms with E-state index in [1.54, 1.807) is 18.3 Å². The van der Waals surface area contributed by atoms with Crippen molar-refractivity contribution in [1.82, 2.24) is 20.7 Å². The molecule has 0 saturated carbocycles. The van der Waals surface area contributed by atoms with Crippen LogP contribution in [0.25, 0.3) is 0 Å². The molecule has 2 N–H and O–H groups in total. The number of anilines is 1. The molecule has 1 aromatic carbocycles. The second-order valence-electron chi connectivity index (χ2n) is 8.61. The van der Waals surface area contributed by atoms with Gasteiger partial charge in [-0.3, -0.25) is 30.2 Å². The van der Waals surface area contributed by atoms with Crippen LogP contribution in [0.3, 0.4) is 0 Å². The van der Waals surface area contributed by atoms with Crippen LogP contribution in [0.2, 0.25) is 5.02 Å². The van der Waals surface area contributed by atoms with Gasteiger partial charge in [-0.1, -0.05) is 31.5 Å². The number of piperazine rings is 1. The number of pyridine rings is 1. The first-order valence-electron chi connectivity index (χ1n) is 10.5. The number of benzene rings is 1. The zero-order chi connectivity index (χ0) is 23.1. The van der Waals surface area contributed by atoms with Crippen molar-refractivity contribution in [2.75, 3.05) is 31.1 Å². The standard InChI is InChI=1S/C23H28ClN5O3/c1-23(2,14-20(30)26-27-22(32)17-5-4-8-25-16-17)15-21(31)29-11-9-28(10-12-29)19-7-3-6-18(24)13-19/h3-8,13,16H,9-12,14-15H2,1-2H3,(H,26,30)(H,27,32).